The summed E-state index contributed by atoms with van der Waals surface area (Å²) in [7, 11) is 3.98. The van der Waals surface area contributed by atoms with Crippen LogP contribution in [0.5, 0.6) is 0 Å². The maximum Gasteiger partial charge on any atom is 0.271 e. The van der Waals surface area contributed by atoms with Crippen molar-refractivity contribution in [3.8, 4) is 0 Å². The van der Waals surface area contributed by atoms with Gasteiger partial charge in [-0.1, -0.05) is 0 Å². The van der Waals surface area contributed by atoms with Gasteiger partial charge in [0.05, 0.1) is 11.8 Å². The second-order valence-electron chi connectivity index (χ2n) is 4.14. The van der Waals surface area contributed by atoms with Crippen molar-refractivity contribution in [3.63, 3.8) is 0 Å². The average Bonchev–Trinajstić information content (AvgIpc) is 2.60. The van der Waals surface area contributed by atoms with Crippen LogP contribution in [0.4, 0.5) is 0 Å². The largest absolute Gasteiger partial charge is 0.308 e. The van der Waals surface area contributed by atoms with Gasteiger partial charge in [-0.25, -0.2) is 4.98 Å². The number of hydrogen-bond acceptors (Lipinski definition) is 4. The van der Waals surface area contributed by atoms with Crippen LogP contribution in [0.15, 0.2) is 16.5 Å². The van der Waals surface area contributed by atoms with Crippen LogP contribution in [-0.2, 0) is 6.54 Å². The van der Waals surface area contributed by atoms with Gasteiger partial charge in [0.15, 0.2) is 0 Å². The van der Waals surface area contributed by atoms with Gasteiger partial charge < -0.3 is 4.90 Å². The summed E-state index contributed by atoms with van der Waals surface area (Å²) < 4.78 is 2.44. The molecular weight excluding hydrogens is 222 g/mol. The van der Waals surface area contributed by atoms with E-state index in [9.17, 15) is 4.79 Å². The maximum absolute atomic E-state index is 12.1. The predicted octanol–water partition coefficient (Wildman–Crippen LogP) is 1.33. The molecule has 0 aliphatic carbocycles. The Balaban J connectivity index is 2.41. The molecule has 0 unspecified atom stereocenters. The maximum atomic E-state index is 12.1. The van der Waals surface area contributed by atoms with E-state index in [2.05, 4.69) is 9.88 Å². The Kier molecular flexibility index (Phi) is 3.07. The molecule has 0 saturated carbocycles. The van der Waals surface area contributed by atoms with E-state index in [1.54, 1.807) is 10.9 Å². The van der Waals surface area contributed by atoms with Crippen LogP contribution in [0, 0.1) is 6.92 Å². The molecule has 0 N–H and O–H groups in total. The van der Waals surface area contributed by atoms with Gasteiger partial charge in [-0.2, -0.15) is 0 Å². The summed E-state index contributed by atoms with van der Waals surface area (Å²) in [5.41, 5.74) is 2.00. The zero-order chi connectivity index (χ0) is 11.7. The molecular formula is C11H15N3OS. The van der Waals surface area contributed by atoms with Crippen LogP contribution in [0.3, 0.4) is 0 Å². The van der Waals surface area contributed by atoms with Crippen molar-refractivity contribution in [2.45, 2.75) is 13.5 Å². The Labute approximate surface area is 98.1 Å². The van der Waals surface area contributed by atoms with Crippen molar-refractivity contribution in [1.29, 1.82) is 0 Å². The highest BCUT2D eigenvalue weighted by atomic mass is 32.1. The molecule has 0 aromatic carbocycles. The van der Waals surface area contributed by atoms with Crippen molar-refractivity contribution < 1.29 is 0 Å². The number of fused-ring (bicyclic) bond motifs is 1. The molecule has 86 valence electrons. The van der Waals surface area contributed by atoms with E-state index >= 15 is 0 Å². The van der Waals surface area contributed by atoms with E-state index < -0.39 is 0 Å². The SMILES string of the molecule is Cc1csc2c(=O)n(CCN(C)C)cnc12. The average molecular weight is 237 g/mol. The van der Waals surface area contributed by atoms with E-state index in [4.69, 9.17) is 0 Å². The first-order valence-electron chi connectivity index (χ1n) is 5.17. The van der Waals surface area contributed by atoms with Crippen molar-refractivity contribution in [1.82, 2.24) is 14.5 Å². The molecule has 0 aliphatic heterocycles. The van der Waals surface area contributed by atoms with Crippen LogP contribution in [-0.4, -0.2) is 35.1 Å². The smallest absolute Gasteiger partial charge is 0.271 e. The molecule has 0 amide bonds. The zero-order valence-electron chi connectivity index (χ0n) is 9.73. The highest BCUT2D eigenvalue weighted by molar-refractivity contribution is 7.17. The lowest BCUT2D eigenvalue weighted by atomic mass is 10.3. The number of hydrogen-bond donors (Lipinski definition) is 0. The first kappa shape index (κ1) is 11.3. The van der Waals surface area contributed by atoms with Gasteiger partial charge in [0, 0.05) is 13.1 Å². The third-order valence-corrected chi connectivity index (χ3v) is 3.59. The summed E-state index contributed by atoms with van der Waals surface area (Å²) in [5.74, 6) is 0. The third-order valence-electron chi connectivity index (χ3n) is 2.51. The molecule has 0 bridgehead atoms. The van der Waals surface area contributed by atoms with E-state index in [0.717, 1.165) is 22.3 Å². The number of thiophene rings is 1. The van der Waals surface area contributed by atoms with Crippen molar-refractivity contribution in [2.75, 3.05) is 20.6 Å². The summed E-state index contributed by atoms with van der Waals surface area (Å²) in [6.45, 7) is 3.51. The highest BCUT2D eigenvalue weighted by Gasteiger charge is 2.07. The summed E-state index contributed by atoms with van der Waals surface area (Å²) in [6, 6.07) is 0. The minimum Gasteiger partial charge on any atom is -0.308 e. The number of nitrogens with zero attached hydrogens (tertiary/aromatic N) is 3. The van der Waals surface area contributed by atoms with Gasteiger partial charge in [0.2, 0.25) is 0 Å². The fourth-order valence-corrected chi connectivity index (χ4v) is 2.48. The van der Waals surface area contributed by atoms with E-state index in [0.29, 0.717) is 6.54 Å². The molecule has 0 radical (unpaired) electrons. The Morgan fingerprint density at radius 3 is 2.94 bits per heavy atom. The third kappa shape index (κ3) is 2.01. The minimum atomic E-state index is 0.0740. The van der Waals surface area contributed by atoms with E-state index in [1.807, 2.05) is 26.4 Å². The Morgan fingerprint density at radius 2 is 2.25 bits per heavy atom. The summed E-state index contributed by atoms with van der Waals surface area (Å²) in [6.07, 6.45) is 1.65. The molecule has 5 heteroatoms. The van der Waals surface area contributed by atoms with Crippen LogP contribution in [0.1, 0.15) is 5.56 Å². The number of rotatable bonds is 3. The lowest BCUT2D eigenvalue weighted by molar-refractivity contribution is 0.380. The molecule has 0 atom stereocenters. The fourth-order valence-electron chi connectivity index (χ4n) is 1.53. The van der Waals surface area contributed by atoms with Crippen molar-refractivity contribution >= 4 is 21.6 Å². The molecule has 2 heterocycles. The lowest BCUT2D eigenvalue weighted by Crippen LogP contribution is -2.26. The van der Waals surface area contributed by atoms with Gasteiger partial charge in [0.25, 0.3) is 5.56 Å². The number of aromatic nitrogens is 2. The number of likely N-dealkylation sites (N-methyl/N-ethyl adjacent to an activating group) is 1. The van der Waals surface area contributed by atoms with Gasteiger partial charge in [-0.15, -0.1) is 11.3 Å². The first-order chi connectivity index (χ1) is 7.59. The highest BCUT2D eigenvalue weighted by Crippen LogP contribution is 2.19. The molecule has 0 fully saturated rings. The van der Waals surface area contributed by atoms with Crippen LogP contribution < -0.4 is 5.56 Å². The summed E-state index contributed by atoms with van der Waals surface area (Å²) in [4.78, 5) is 18.5. The zero-order valence-corrected chi connectivity index (χ0v) is 10.5. The van der Waals surface area contributed by atoms with Crippen molar-refractivity contribution in [3.05, 3.63) is 27.6 Å². The lowest BCUT2D eigenvalue weighted by Gasteiger charge is -2.10. The summed E-state index contributed by atoms with van der Waals surface area (Å²) in [5, 5.41) is 1.98. The Morgan fingerprint density at radius 1 is 1.50 bits per heavy atom. The summed E-state index contributed by atoms with van der Waals surface area (Å²) >= 11 is 1.48. The molecule has 2 rings (SSSR count). The second kappa shape index (κ2) is 4.35. The number of aryl methyl sites for hydroxylation is 1. The van der Waals surface area contributed by atoms with Crippen LogP contribution in [0.2, 0.25) is 0 Å². The van der Waals surface area contributed by atoms with E-state index in [1.165, 1.54) is 11.3 Å². The topological polar surface area (TPSA) is 38.1 Å². The molecule has 0 aliphatic rings. The quantitative estimate of drug-likeness (QED) is 0.808. The molecule has 0 saturated heterocycles. The molecule has 4 nitrogen and oxygen atoms in total. The Hall–Kier alpha value is -1.20. The van der Waals surface area contributed by atoms with Crippen LogP contribution in [0.25, 0.3) is 10.2 Å². The van der Waals surface area contributed by atoms with Gasteiger partial charge in [-0.05, 0) is 32.0 Å². The van der Waals surface area contributed by atoms with Gasteiger partial charge in [-0.3, -0.25) is 9.36 Å². The second-order valence-corrected chi connectivity index (χ2v) is 5.02. The Bertz CT molecular complexity index is 556. The molecule has 0 spiro atoms. The predicted molar refractivity (Wildman–Crippen MR) is 67.2 cm³/mol. The standard InChI is InChI=1S/C11H15N3OS/c1-8-6-16-10-9(8)12-7-14(11(10)15)5-4-13(2)3/h6-7H,4-5H2,1-3H3. The fraction of sp³-hybridized carbons (Fsp3) is 0.455. The van der Waals surface area contributed by atoms with Crippen molar-refractivity contribution in [2.24, 2.45) is 0 Å². The van der Waals surface area contributed by atoms with Gasteiger partial charge in [0.1, 0.15) is 4.70 Å². The normalized spacial score (nSPS) is 11.5. The minimum absolute atomic E-state index is 0.0740. The molecule has 2 aromatic heterocycles. The van der Waals surface area contributed by atoms with Crippen LogP contribution >= 0.6 is 11.3 Å². The molecule has 2 aromatic rings. The van der Waals surface area contributed by atoms with E-state index in [-0.39, 0.29) is 5.56 Å². The monoisotopic (exact) mass is 237 g/mol. The molecule has 16 heavy (non-hydrogen) atoms. The first-order valence-corrected chi connectivity index (χ1v) is 6.05. The van der Waals surface area contributed by atoms with Gasteiger partial charge >= 0.3 is 0 Å².